The lowest BCUT2D eigenvalue weighted by Gasteiger charge is -2.31. The number of carbonyl (C=O) groups is 1. The molecule has 7 nitrogen and oxygen atoms in total. The molecule has 5 aromatic rings. The van der Waals surface area contributed by atoms with Crippen LogP contribution in [0.5, 0.6) is 5.75 Å². The normalized spacial score (nSPS) is 17.0. The van der Waals surface area contributed by atoms with E-state index in [1.807, 2.05) is 97.1 Å². The average molecular weight is 644 g/mol. The van der Waals surface area contributed by atoms with Gasteiger partial charge in [0, 0.05) is 31.6 Å². The van der Waals surface area contributed by atoms with E-state index in [9.17, 15) is 9.18 Å². The fraction of sp³-hybridized carbons (Fsp3) is 0.200. The Kier molecular flexibility index (Phi) is 10.5. The van der Waals surface area contributed by atoms with Gasteiger partial charge in [-0.05, 0) is 70.6 Å². The van der Waals surface area contributed by atoms with E-state index in [2.05, 4.69) is 23.0 Å². The Balaban J connectivity index is 1.33. The van der Waals surface area contributed by atoms with E-state index in [-0.39, 0.29) is 24.8 Å². The maximum Gasteiger partial charge on any atom is 0.266 e. The van der Waals surface area contributed by atoms with E-state index in [0.717, 1.165) is 27.8 Å². The summed E-state index contributed by atoms with van der Waals surface area (Å²) in [4.78, 5) is 19.5. The predicted octanol–water partition coefficient (Wildman–Crippen LogP) is 6.62. The van der Waals surface area contributed by atoms with Gasteiger partial charge in [-0.3, -0.25) is 10.2 Å². The summed E-state index contributed by atoms with van der Waals surface area (Å²) in [6.07, 6.45) is 0.680. The molecule has 8 heteroatoms. The van der Waals surface area contributed by atoms with Gasteiger partial charge in [0.15, 0.2) is 11.6 Å². The van der Waals surface area contributed by atoms with Gasteiger partial charge in [-0.15, -0.1) is 0 Å². The van der Waals surface area contributed by atoms with Crippen molar-refractivity contribution in [3.63, 3.8) is 0 Å². The van der Waals surface area contributed by atoms with Gasteiger partial charge >= 0.3 is 0 Å². The van der Waals surface area contributed by atoms with Gasteiger partial charge in [0.1, 0.15) is 11.6 Å². The number of hydrogen-bond acceptors (Lipinski definition) is 6. The molecule has 0 bridgehead atoms. The molecule has 0 unspecified atom stereocenters. The van der Waals surface area contributed by atoms with Crippen LogP contribution in [0.4, 0.5) is 4.39 Å². The first-order valence-electron chi connectivity index (χ1n) is 16.1. The standard InChI is InChI=1S/C40H38FN3O4/c41-35-20-12-29(13-21-35)24-25-42-44-39(46)40(28-30-8-3-1-4-9-30)37(33-16-14-32(15-17-33)31-10-5-2-6-11-31)48-38(43-40)34-18-22-36(23-19-34)47-27-7-26-45/h1-6,8-23,37,42,45H,7,24-28H2,(H,44,46)/t37-,40-/m0/s1. The third-order valence-corrected chi connectivity index (χ3v) is 8.32. The SMILES string of the molecule is O=C(NNCCc1ccc(F)cc1)[C@@]1(Cc2ccccc2)N=C(c2ccc(OCCCO)cc2)O[C@H]1c1ccc(-c2ccccc2)cc1. The Bertz CT molecular complexity index is 1800. The summed E-state index contributed by atoms with van der Waals surface area (Å²) in [6.45, 7) is 0.899. The molecule has 2 atom stereocenters. The number of nitrogens with zero attached hydrogens (tertiary/aromatic N) is 1. The summed E-state index contributed by atoms with van der Waals surface area (Å²) in [7, 11) is 0. The van der Waals surface area contributed by atoms with Gasteiger partial charge in [-0.2, -0.15) is 0 Å². The maximum atomic E-state index is 14.4. The van der Waals surface area contributed by atoms with Crippen LogP contribution in [0.1, 0.15) is 34.8 Å². The number of ether oxygens (including phenoxy) is 2. The van der Waals surface area contributed by atoms with Crippen molar-refractivity contribution in [2.24, 2.45) is 4.99 Å². The zero-order valence-corrected chi connectivity index (χ0v) is 26.5. The lowest BCUT2D eigenvalue weighted by molar-refractivity contribution is -0.130. The quantitative estimate of drug-likeness (QED) is 0.0935. The number of carbonyl (C=O) groups excluding carboxylic acids is 1. The minimum Gasteiger partial charge on any atom is -0.494 e. The molecule has 5 aromatic carbocycles. The molecule has 48 heavy (non-hydrogen) atoms. The topological polar surface area (TPSA) is 92.2 Å². The van der Waals surface area contributed by atoms with Crippen LogP contribution in [0.3, 0.4) is 0 Å². The van der Waals surface area contributed by atoms with E-state index in [1.54, 1.807) is 12.1 Å². The summed E-state index contributed by atoms with van der Waals surface area (Å²) in [6, 6.07) is 41.7. The number of hydrazine groups is 1. The van der Waals surface area contributed by atoms with Gasteiger partial charge in [0.05, 0.1) is 6.61 Å². The van der Waals surface area contributed by atoms with E-state index >= 15 is 0 Å². The van der Waals surface area contributed by atoms with E-state index < -0.39 is 11.6 Å². The predicted molar refractivity (Wildman–Crippen MR) is 185 cm³/mol. The van der Waals surface area contributed by atoms with Crippen molar-refractivity contribution in [1.29, 1.82) is 0 Å². The lowest BCUT2D eigenvalue weighted by Crippen LogP contribution is -2.54. The first kappa shape index (κ1) is 32.6. The molecule has 6 rings (SSSR count). The number of halogens is 1. The molecule has 1 amide bonds. The average Bonchev–Trinajstić information content (AvgIpc) is 3.52. The Hall–Kier alpha value is -5.31. The largest absolute Gasteiger partial charge is 0.494 e. The first-order chi connectivity index (χ1) is 23.5. The Morgan fingerprint density at radius 3 is 2.12 bits per heavy atom. The molecule has 0 radical (unpaired) electrons. The molecular weight excluding hydrogens is 605 g/mol. The van der Waals surface area contributed by atoms with Gasteiger partial charge in [-0.25, -0.2) is 14.8 Å². The number of rotatable bonds is 14. The molecule has 0 saturated heterocycles. The zero-order chi connectivity index (χ0) is 33.2. The van der Waals surface area contributed by atoms with E-state index in [1.165, 1.54) is 12.1 Å². The zero-order valence-electron chi connectivity index (χ0n) is 26.5. The van der Waals surface area contributed by atoms with Crippen molar-refractivity contribution in [3.05, 3.63) is 162 Å². The summed E-state index contributed by atoms with van der Waals surface area (Å²) in [5, 5.41) is 9.09. The van der Waals surface area contributed by atoms with Crippen LogP contribution in [0.15, 0.2) is 138 Å². The van der Waals surface area contributed by atoms with Crippen LogP contribution < -0.4 is 15.6 Å². The van der Waals surface area contributed by atoms with Gasteiger partial charge in [-0.1, -0.05) is 97.1 Å². The van der Waals surface area contributed by atoms with Crippen molar-refractivity contribution < 1.29 is 23.8 Å². The minimum absolute atomic E-state index is 0.0586. The van der Waals surface area contributed by atoms with Crippen LogP contribution in [-0.2, 0) is 22.4 Å². The van der Waals surface area contributed by atoms with E-state index in [0.29, 0.717) is 43.2 Å². The molecule has 0 aliphatic carbocycles. The van der Waals surface area contributed by atoms with Gasteiger partial charge in [0.2, 0.25) is 5.90 Å². The molecule has 244 valence electrons. The number of nitrogens with one attached hydrogen (secondary N) is 2. The second-order valence-corrected chi connectivity index (χ2v) is 11.7. The highest BCUT2D eigenvalue weighted by molar-refractivity contribution is 6.01. The smallest absolute Gasteiger partial charge is 0.266 e. The Morgan fingerprint density at radius 1 is 0.792 bits per heavy atom. The van der Waals surface area contributed by atoms with Crippen LogP contribution in [0, 0.1) is 5.82 Å². The monoisotopic (exact) mass is 643 g/mol. The third-order valence-electron chi connectivity index (χ3n) is 8.32. The Labute approximate surface area is 280 Å². The summed E-state index contributed by atoms with van der Waals surface area (Å²) in [5.41, 5.74) is 10.2. The number of aliphatic hydroxyl groups is 1. The first-order valence-corrected chi connectivity index (χ1v) is 16.1. The highest BCUT2D eigenvalue weighted by Crippen LogP contribution is 2.43. The number of aliphatic hydroxyl groups excluding tert-OH is 1. The fourth-order valence-corrected chi connectivity index (χ4v) is 5.78. The molecule has 3 N–H and O–H groups in total. The highest BCUT2D eigenvalue weighted by Gasteiger charge is 2.53. The van der Waals surface area contributed by atoms with Gasteiger partial charge < -0.3 is 14.6 Å². The van der Waals surface area contributed by atoms with Gasteiger partial charge in [0.25, 0.3) is 5.91 Å². The van der Waals surface area contributed by atoms with Crippen LogP contribution in [0.25, 0.3) is 11.1 Å². The molecule has 0 aromatic heterocycles. The third kappa shape index (κ3) is 7.79. The molecule has 0 saturated carbocycles. The Morgan fingerprint density at radius 2 is 1.44 bits per heavy atom. The summed E-state index contributed by atoms with van der Waals surface area (Å²) < 4.78 is 25.8. The fourth-order valence-electron chi connectivity index (χ4n) is 5.78. The lowest BCUT2D eigenvalue weighted by atomic mass is 9.82. The molecule has 1 aliphatic heterocycles. The van der Waals surface area contributed by atoms with Crippen molar-refractivity contribution in [1.82, 2.24) is 10.9 Å². The van der Waals surface area contributed by atoms with Crippen LogP contribution in [0.2, 0.25) is 0 Å². The minimum atomic E-state index is -1.36. The van der Waals surface area contributed by atoms with E-state index in [4.69, 9.17) is 19.6 Å². The maximum absolute atomic E-state index is 14.4. The number of amides is 1. The number of hydrogen-bond donors (Lipinski definition) is 3. The molecule has 0 spiro atoms. The summed E-state index contributed by atoms with van der Waals surface area (Å²) in [5.74, 6) is 0.398. The molecule has 1 aliphatic rings. The van der Waals surface area contributed by atoms with Crippen LogP contribution >= 0.6 is 0 Å². The second-order valence-electron chi connectivity index (χ2n) is 11.7. The van der Waals surface area contributed by atoms with Crippen molar-refractivity contribution in [3.8, 4) is 16.9 Å². The van der Waals surface area contributed by atoms with Crippen molar-refractivity contribution in [2.75, 3.05) is 19.8 Å². The highest BCUT2D eigenvalue weighted by atomic mass is 19.1. The summed E-state index contributed by atoms with van der Waals surface area (Å²) >= 11 is 0. The molecule has 0 fully saturated rings. The van der Waals surface area contributed by atoms with Crippen molar-refractivity contribution >= 4 is 11.8 Å². The number of benzene rings is 5. The van der Waals surface area contributed by atoms with Crippen molar-refractivity contribution in [2.45, 2.75) is 30.9 Å². The van der Waals surface area contributed by atoms with Crippen LogP contribution in [-0.4, -0.2) is 42.2 Å². The number of aliphatic imine (C=N–C) groups is 1. The molecular formula is C40H38FN3O4. The second kappa shape index (κ2) is 15.5. The molecule has 1 heterocycles.